The van der Waals surface area contributed by atoms with E-state index in [1.807, 2.05) is 0 Å². The Bertz CT molecular complexity index is 606. The fraction of sp³-hybridized carbons (Fsp3) is 0.368. The van der Waals surface area contributed by atoms with E-state index in [1.54, 1.807) is 0 Å². The Labute approximate surface area is 134 Å². The first kappa shape index (κ1) is 16.1. The monoisotopic (exact) mass is 301 g/mol. The fourth-order valence-corrected chi connectivity index (χ4v) is 3.46. The second kappa shape index (κ2) is 6.64. The number of halogens is 1. The molecule has 3 rings (SSSR count). The SMILES string of the molecule is Cc1ccccc1[C@@H]1C[C@@H](N(C)C)Cc2ccccc21.Cl. The number of nitrogens with zero attached hydrogens (tertiary/aromatic N) is 1. The Hall–Kier alpha value is -1.31. The Morgan fingerprint density at radius 1 is 0.905 bits per heavy atom. The van der Waals surface area contributed by atoms with Gasteiger partial charge in [-0.2, -0.15) is 0 Å². The summed E-state index contributed by atoms with van der Waals surface area (Å²) in [5, 5.41) is 0. The van der Waals surface area contributed by atoms with E-state index >= 15 is 0 Å². The summed E-state index contributed by atoms with van der Waals surface area (Å²) in [7, 11) is 4.40. The van der Waals surface area contributed by atoms with Crippen molar-refractivity contribution < 1.29 is 0 Å². The highest BCUT2D eigenvalue weighted by Crippen LogP contribution is 2.38. The van der Waals surface area contributed by atoms with E-state index in [9.17, 15) is 0 Å². The maximum atomic E-state index is 2.38. The summed E-state index contributed by atoms with van der Waals surface area (Å²) in [5.74, 6) is 0.536. The summed E-state index contributed by atoms with van der Waals surface area (Å²) in [6, 6.07) is 18.4. The van der Waals surface area contributed by atoms with Crippen LogP contribution in [0, 0.1) is 6.92 Å². The molecule has 0 N–H and O–H groups in total. The van der Waals surface area contributed by atoms with Gasteiger partial charge in [0.05, 0.1) is 0 Å². The molecule has 0 heterocycles. The molecular formula is C19H24ClN. The van der Waals surface area contributed by atoms with Crippen LogP contribution >= 0.6 is 12.4 Å². The van der Waals surface area contributed by atoms with Crippen molar-refractivity contribution in [1.29, 1.82) is 0 Å². The lowest BCUT2D eigenvalue weighted by Gasteiger charge is -2.36. The number of hydrogen-bond donors (Lipinski definition) is 0. The molecule has 2 heteroatoms. The van der Waals surface area contributed by atoms with Crippen LogP contribution in [0.15, 0.2) is 48.5 Å². The zero-order valence-corrected chi connectivity index (χ0v) is 13.9. The average molecular weight is 302 g/mol. The molecule has 0 spiro atoms. The van der Waals surface area contributed by atoms with Gasteiger partial charge in [-0.15, -0.1) is 12.4 Å². The van der Waals surface area contributed by atoms with Gasteiger partial charge >= 0.3 is 0 Å². The summed E-state index contributed by atoms with van der Waals surface area (Å²) in [6.07, 6.45) is 2.39. The van der Waals surface area contributed by atoms with Gasteiger partial charge in [0, 0.05) is 12.0 Å². The topological polar surface area (TPSA) is 3.24 Å². The highest BCUT2D eigenvalue weighted by Gasteiger charge is 2.29. The van der Waals surface area contributed by atoms with Gasteiger partial charge < -0.3 is 4.90 Å². The van der Waals surface area contributed by atoms with Gasteiger partial charge in [-0.05, 0) is 56.1 Å². The average Bonchev–Trinajstić information content (AvgIpc) is 2.46. The molecule has 0 saturated carbocycles. The minimum absolute atomic E-state index is 0. The second-order valence-electron chi connectivity index (χ2n) is 6.17. The summed E-state index contributed by atoms with van der Waals surface area (Å²) >= 11 is 0. The number of fused-ring (bicyclic) bond motifs is 1. The number of hydrogen-bond acceptors (Lipinski definition) is 1. The number of benzene rings is 2. The van der Waals surface area contributed by atoms with Crippen molar-refractivity contribution in [3.63, 3.8) is 0 Å². The number of aryl methyl sites for hydroxylation is 1. The molecule has 1 nitrogen and oxygen atoms in total. The molecule has 1 aliphatic rings. The molecule has 2 aromatic rings. The van der Waals surface area contributed by atoms with E-state index in [-0.39, 0.29) is 12.4 Å². The Balaban J connectivity index is 0.00000161. The van der Waals surface area contributed by atoms with Crippen molar-refractivity contribution in [2.24, 2.45) is 0 Å². The quantitative estimate of drug-likeness (QED) is 0.793. The third kappa shape index (κ3) is 3.14. The fourth-order valence-electron chi connectivity index (χ4n) is 3.46. The van der Waals surface area contributed by atoms with Gasteiger partial charge in [0.15, 0.2) is 0 Å². The van der Waals surface area contributed by atoms with Crippen LogP contribution in [0.5, 0.6) is 0 Å². The predicted octanol–water partition coefficient (Wildman–Crippen LogP) is 4.43. The second-order valence-corrected chi connectivity index (χ2v) is 6.17. The van der Waals surface area contributed by atoms with Gasteiger partial charge in [0.1, 0.15) is 0 Å². The van der Waals surface area contributed by atoms with E-state index in [1.165, 1.54) is 35.1 Å². The summed E-state index contributed by atoms with van der Waals surface area (Å²) in [5.41, 5.74) is 5.95. The lowest BCUT2D eigenvalue weighted by molar-refractivity contribution is 0.258. The Kier molecular flexibility index (Phi) is 5.08. The van der Waals surface area contributed by atoms with Crippen LogP contribution in [0.4, 0.5) is 0 Å². The molecule has 0 saturated heterocycles. The first-order chi connectivity index (χ1) is 9.66. The van der Waals surface area contributed by atoms with Crippen molar-refractivity contribution >= 4 is 12.4 Å². The van der Waals surface area contributed by atoms with Crippen molar-refractivity contribution in [1.82, 2.24) is 4.90 Å². The van der Waals surface area contributed by atoms with Gasteiger partial charge in [0.2, 0.25) is 0 Å². The molecule has 0 fully saturated rings. The summed E-state index contributed by atoms with van der Waals surface area (Å²) < 4.78 is 0. The van der Waals surface area contributed by atoms with E-state index in [4.69, 9.17) is 0 Å². The molecule has 2 aromatic carbocycles. The largest absolute Gasteiger partial charge is 0.306 e. The zero-order chi connectivity index (χ0) is 14.1. The Morgan fingerprint density at radius 2 is 1.52 bits per heavy atom. The maximum absolute atomic E-state index is 2.38. The smallest absolute Gasteiger partial charge is 0.0139 e. The molecule has 1 aliphatic carbocycles. The Morgan fingerprint density at radius 3 is 2.19 bits per heavy atom. The van der Waals surface area contributed by atoms with Crippen LogP contribution in [0.3, 0.4) is 0 Å². The normalized spacial score (nSPS) is 20.8. The lowest BCUT2D eigenvalue weighted by atomic mass is 9.75. The zero-order valence-electron chi connectivity index (χ0n) is 13.0. The number of rotatable bonds is 2. The number of likely N-dealkylation sites (N-methyl/N-ethyl adjacent to an activating group) is 1. The molecule has 21 heavy (non-hydrogen) atoms. The van der Waals surface area contributed by atoms with Crippen molar-refractivity contribution in [3.05, 3.63) is 70.8 Å². The minimum Gasteiger partial charge on any atom is -0.306 e. The molecule has 0 radical (unpaired) electrons. The van der Waals surface area contributed by atoms with Gasteiger partial charge in [-0.3, -0.25) is 0 Å². The molecule has 112 valence electrons. The lowest BCUT2D eigenvalue weighted by Crippen LogP contribution is -2.35. The van der Waals surface area contributed by atoms with Crippen LogP contribution in [0.25, 0.3) is 0 Å². The van der Waals surface area contributed by atoms with Crippen molar-refractivity contribution in [3.8, 4) is 0 Å². The molecule has 0 aromatic heterocycles. The predicted molar refractivity (Wildman–Crippen MR) is 92.5 cm³/mol. The maximum Gasteiger partial charge on any atom is 0.0139 e. The summed E-state index contributed by atoms with van der Waals surface area (Å²) in [4.78, 5) is 2.38. The third-order valence-electron chi connectivity index (χ3n) is 4.69. The van der Waals surface area contributed by atoms with Crippen LogP contribution in [0.2, 0.25) is 0 Å². The molecule has 0 aliphatic heterocycles. The van der Waals surface area contributed by atoms with E-state index < -0.39 is 0 Å². The van der Waals surface area contributed by atoms with Crippen LogP contribution < -0.4 is 0 Å². The van der Waals surface area contributed by atoms with E-state index in [0.29, 0.717) is 12.0 Å². The van der Waals surface area contributed by atoms with Gasteiger partial charge in [-0.25, -0.2) is 0 Å². The molecule has 0 amide bonds. The molecule has 0 bridgehead atoms. The van der Waals surface area contributed by atoms with Crippen molar-refractivity contribution in [2.75, 3.05) is 14.1 Å². The first-order valence-electron chi connectivity index (χ1n) is 7.46. The van der Waals surface area contributed by atoms with Crippen LogP contribution in [0.1, 0.15) is 34.6 Å². The highest BCUT2D eigenvalue weighted by atomic mass is 35.5. The molecule has 0 unspecified atom stereocenters. The minimum atomic E-state index is 0. The van der Waals surface area contributed by atoms with Gasteiger partial charge in [0.25, 0.3) is 0 Å². The van der Waals surface area contributed by atoms with E-state index in [0.717, 1.165) is 0 Å². The van der Waals surface area contributed by atoms with Crippen molar-refractivity contribution in [2.45, 2.75) is 31.7 Å². The van der Waals surface area contributed by atoms with Gasteiger partial charge in [-0.1, -0.05) is 48.5 Å². The first-order valence-corrected chi connectivity index (χ1v) is 7.46. The van der Waals surface area contributed by atoms with E-state index in [2.05, 4.69) is 74.4 Å². The standard InChI is InChI=1S/C19H23N.ClH/c1-14-8-4-6-10-17(14)19-13-16(20(2)3)12-15-9-5-7-11-18(15)19;/h4-11,16,19H,12-13H2,1-3H3;1H/t16-,19-;/m0./s1. The van der Waals surface area contributed by atoms with Crippen LogP contribution in [-0.2, 0) is 6.42 Å². The highest BCUT2D eigenvalue weighted by molar-refractivity contribution is 5.85. The summed E-state index contributed by atoms with van der Waals surface area (Å²) in [6.45, 7) is 2.23. The van der Waals surface area contributed by atoms with Crippen LogP contribution in [-0.4, -0.2) is 25.0 Å². The third-order valence-corrected chi connectivity index (χ3v) is 4.69. The molecule has 2 atom stereocenters. The molecular weight excluding hydrogens is 278 g/mol.